The first-order valence-corrected chi connectivity index (χ1v) is 10.5. The molecule has 2 unspecified atom stereocenters. The molecule has 1 aromatic heterocycles. The number of amides is 1. The fourth-order valence-electron chi connectivity index (χ4n) is 4.17. The van der Waals surface area contributed by atoms with Gasteiger partial charge in [-0.15, -0.1) is 0 Å². The third kappa shape index (κ3) is 5.46. The first kappa shape index (κ1) is 21.5. The highest BCUT2D eigenvalue weighted by atomic mass is 16.6. The van der Waals surface area contributed by atoms with Gasteiger partial charge < -0.3 is 15.0 Å². The predicted octanol–water partition coefficient (Wildman–Crippen LogP) is 3.06. The highest BCUT2D eigenvalue weighted by Gasteiger charge is 2.37. The van der Waals surface area contributed by atoms with Gasteiger partial charge in [0, 0.05) is 32.2 Å². The molecule has 2 atom stereocenters. The van der Waals surface area contributed by atoms with Gasteiger partial charge in [0.1, 0.15) is 17.4 Å². The number of ether oxygens (including phenoxy) is 1. The SMILES string of the molecule is CC(C)CC1CN(C2CN(C(=O)OC(C)(C)C)Cc3ccc(C#N)nc32)CCN1. The van der Waals surface area contributed by atoms with Crippen LogP contribution in [0.5, 0.6) is 0 Å². The van der Waals surface area contributed by atoms with Crippen molar-refractivity contribution in [2.45, 2.75) is 65.3 Å². The number of carbonyl (C=O) groups excluding carboxylic acids is 1. The van der Waals surface area contributed by atoms with Gasteiger partial charge in [0.05, 0.1) is 18.3 Å². The molecule has 1 N–H and O–H groups in total. The van der Waals surface area contributed by atoms with Crippen LogP contribution in [0.15, 0.2) is 12.1 Å². The Hall–Kier alpha value is -2.17. The fourth-order valence-corrected chi connectivity index (χ4v) is 4.17. The number of carbonyl (C=O) groups is 1. The van der Waals surface area contributed by atoms with Gasteiger partial charge in [-0.25, -0.2) is 9.78 Å². The summed E-state index contributed by atoms with van der Waals surface area (Å²) in [6, 6.07) is 6.20. The molecule has 3 rings (SSSR count). The van der Waals surface area contributed by atoms with E-state index in [1.807, 2.05) is 26.8 Å². The topological polar surface area (TPSA) is 81.5 Å². The third-order valence-electron chi connectivity index (χ3n) is 5.33. The zero-order chi connectivity index (χ0) is 21.2. The Kier molecular flexibility index (Phi) is 6.45. The summed E-state index contributed by atoms with van der Waals surface area (Å²) >= 11 is 0. The van der Waals surface area contributed by atoms with Gasteiger partial charge in [-0.05, 0) is 44.7 Å². The monoisotopic (exact) mass is 399 g/mol. The molecule has 1 saturated heterocycles. The van der Waals surface area contributed by atoms with Crippen molar-refractivity contribution < 1.29 is 9.53 Å². The van der Waals surface area contributed by atoms with Gasteiger partial charge in [0.15, 0.2) is 0 Å². The maximum Gasteiger partial charge on any atom is 0.410 e. The molecule has 0 saturated carbocycles. The van der Waals surface area contributed by atoms with Gasteiger partial charge in [-0.3, -0.25) is 4.90 Å². The molecule has 3 heterocycles. The molecular weight excluding hydrogens is 366 g/mol. The van der Waals surface area contributed by atoms with Gasteiger partial charge in [-0.2, -0.15) is 5.26 Å². The number of rotatable bonds is 3. The largest absolute Gasteiger partial charge is 0.444 e. The van der Waals surface area contributed by atoms with Crippen molar-refractivity contribution in [3.8, 4) is 6.07 Å². The number of hydrogen-bond donors (Lipinski definition) is 1. The summed E-state index contributed by atoms with van der Waals surface area (Å²) in [7, 11) is 0. The molecule has 0 aromatic carbocycles. The Bertz CT molecular complexity index is 780. The van der Waals surface area contributed by atoms with E-state index in [0.29, 0.717) is 30.7 Å². The van der Waals surface area contributed by atoms with Crippen LogP contribution in [0.2, 0.25) is 0 Å². The average molecular weight is 400 g/mol. The second kappa shape index (κ2) is 8.68. The number of piperazine rings is 1. The lowest BCUT2D eigenvalue weighted by Gasteiger charge is -2.43. The van der Waals surface area contributed by atoms with Crippen LogP contribution in [0, 0.1) is 17.2 Å². The third-order valence-corrected chi connectivity index (χ3v) is 5.33. The summed E-state index contributed by atoms with van der Waals surface area (Å²) in [6.07, 6.45) is 0.809. The Morgan fingerprint density at radius 2 is 2.14 bits per heavy atom. The van der Waals surface area contributed by atoms with E-state index in [0.717, 1.165) is 37.3 Å². The molecule has 7 heteroatoms. The standard InChI is InChI=1S/C22H33N5O2/c1-15(2)10-18-13-26(9-8-24-18)19-14-27(21(28)29-22(3,4)5)12-16-6-7-17(11-23)25-20(16)19/h6-7,15,18-19,24H,8-10,12-14H2,1-5H3. The van der Waals surface area contributed by atoms with Gasteiger partial charge in [0.25, 0.3) is 0 Å². The zero-order valence-electron chi connectivity index (χ0n) is 18.2. The van der Waals surface area contributed by atoms with Crippen LogP contribution < -0.4 is 5.32 Å². The highest BCUT2D eigenvalue weighted by molar-refractivity contribution is 5.68. The fraction of sp³-hybridized carbons (Fsp3) is 0.682. The number of aromatic nitrogens is 1. The van der Waals surface area contributed by atoms with Crippen LogP contribution in [0.4, 0.5) is 4.79 Å². The first-order chi connectivity index (χ1) is 13.7. The molecule has 1 fully saturated rings. The van der Waals surface area contributed by atoms with Crippen LogP contribution in [0.25, 0.3) is 0 Å². The van der Waals surface area contributed by atoms with E-state index in [1.54, 1.807) is 11.0 Å². The molecule has 7 nitrogen and oxygen atoms in total. The van der Waals surface area contributed by atoms with E-state index in [1.165, 1.54) is 0 Å². The summed E-state index contributed by atoms with van der Waals surface area (Å²) in [5.41, 5.74) is 1.81. The Balaban J connectivity index is 1.87. The number of nitrogens with one attached hydrogen (secondary N) is 1. The summed E-state index contributed by atoms with van der Waals surface area (Å²) in [6.45, 7) is 13.8. The van der Waals surface area contributed by atoms with E-state index in [2.05, 4.69) is 35.1 Å². The molecule has 29 heavy (non-hydrogen) atoms. The average Bonchev–Trinajstić information content (AvgIpc) is 2.65. The summed E-state index contributed by atoms with van der Waals surface area (Å²) in [5.74, 6) is 0.618. The number of pyridine rings is 1. The number of nitriles is 1. The molecule has 2 aliphatic rings. The van der Waals surface area contributed by atoms with E-state index in [-0.39, 0.29) is 12.1 Å². The molecule has 0 radical (unpaired) electrons. The van der Waals surface area contributed by atoms with Gasteiger partial charge in [0.2, 0.25) is 0 Å². The molecule has 1 aromatic rings. The highest BCUT2D eigenvalue weighted by Crippen LogP contribution is 2.32. The maximum absolute atomic E-state index is 12.8. The normalized spacial score (nSPS) is 22.9. The first-order valence-electron chi connectivity index (χ1n) is 10.5. The van der Waals surface area contributed by atoms with Crippen molar-refractivity contribution in [2.24, 2.45) is 5.92 Å². The van der Waals surface area contributed by atoms with Gasteiger partial charge >= 0.3 is 6.09 Å². The minimum Gasteiger partial charge on any atom is -0.444 e. The van der Waals surface area contributed by atoms with Crippen LogP contribution in [0.3, 0.4) is 0 Å². The smallest absolute Gasteiger partial charge is 0.410 e. The second-order valence-electron chi connectivity index (χ2n) is 9.50. The second-order valence-corrected chi connectivity index (χ2v) is 9.50. The van der Waals surface area contributed by atoms with E-state index < -0.39 is 5.60 Å². The van der Waals surface area contributed by atoms with Crippen LogP contribution in [-0.4, -0.2) is 58.7 Å². The lowest BCUT2D eigenvalue weighted by atomic mass is 9.96. The number of hydrogen-bond acceptors (Lipinski definition) is 6. The summed E-state index contributed by atoms with van der Waals surface area (Å²) in [4.78, 5) is 21.6. The molecule has 0 bridgehead atoms. The Morgan fingerprint density at radius 3 is 2.79 bits per heavy atom. The van der Waals surface area contributed by atoms with Crippen molar-refractivity contribution in [3.05, 3.63) is 29.1 Å². The molecule has 1 amide bonds. The van der Waals surface area contributed by atoms with Crippen LogP contribution in [-0.2, 0) is 11.3 Å². The zero-order valence-corrected chi connectivity index (χ0v) is 18.2. The maximum atomic E-state index is 12.8. The Morgan fingerprint density at radius 1 is 1.38 bits per heavy atom. The molecule has 0 spiro atoms. The quantitative estimate of drug-likeness (QED) is 0.841. The summed E-state index contributed by atoms with van der Waals surface area (Å²) in [5, 5.41) is 12.9. The Labute approximate surface area is 174 Å². The lowest BCUT2D eigenvalue weighted by molar-refractivity contribution is 0.0105. The van der Waals surface area contributed by atoms with Crippen LogP contribution >= 0.6 is 0 Å². The van der Waals surface area contributed by atoms with E-state index >= 15 is 0 Å². The number of fused-ring (bicyclic) bond motifs is 1. The van der Waals surface area contributed by atoms with Crippen molar-refractivity contribution in [3.63, 3.8) is 0 Å². The van der Waals surface area contributed by atoms with E-state index in [9.17, 15) is 10.1 Å². The minimum atomic E-state index is -0.535. The minimum absolute atomic E-state index is 0.0312. The molecule has 0 aliphatic carbocycles. The van der Waals surface area contributed by atoms with Crippen molar-refractivity contribution in [1.29, 1.82) is 5.26 Å². The van der Waals surface area contributed by atoms with Crippen molar-refractivity contribution in [1.82, 2.24) is 20.1 Å². The summed E-state index contributed by atoms with van der Waals surface area (Å²) < 4.78 is 5.63. The number of nitrogens with zero attached hydrogens (tertiary/aromatic N) is 4. The molecular formula is C22H33N5O2. The van der Waals surface area contributed by atoms with E-state index in [4.69, 9.17) is 4.74 Å². The molecule has 158 valence electrons. The lowest BCUT2D eigenvalue weighted by Crippen LogP contribution is -2.55. The van der Waals surface area contributed by atoms with Crippen molar-refractivity contribution >= 4 is 6.09 Å². The van der Waals surface area contributed by atoms with Gasteiger partial charge in [-0.1, -0.05) is 19.9 Å². The van der Waals surface area contributed by atoms with Crippen LogP contribution in [0.1, 0.15) is 64.0 Å². The molecule has 2 aliphatic heterocycles. The predicted molar refractivity (Wildman–Crippen MR) is 111 cm³/mol. The van der Waals surface area contributed by atoms with Crippen molar-refractivity contribution in [2.75, 3.05) is 26.2 Å².